The van der Waals surface area contributed by atoms with Crippen LogP contribution in [0.5, 0.6) is 0 Å². The van der Waals surface area contributed by atoms with Crippen LogP contribution in [0.4, 0.5) is 0 Å². The van der Waals surface area contributed by atoms with Gasteiger partial charge in [0.15, 0.2) is 0 Å². The Bertz CT molecular complexity index is 850. The van der Waals surface area contributed by atoms with E-state index >= 15 is 0 Å². The van der Waals surface area contributed by atoms with E-state index < -0.39 is 0 Å². The van der Waals surface area contributed by atoms with E-state index in [-0.39, 0.29) is 11.7 Å². The summed E-state index contributed by atoms with van der Waals surface area (Å²) >= 11 is 6.12. The van der Waals surface area contributed by atoms with Crippen LogP contribution in [0, 0.1) is 6.92 Å². The van der Waals surface area contributed by atoms with Crippen molar-refractivity contribution in [3.05, 3.63) is 68.6 Å². The van der Waals surface area contributed by atoms with Gasteiger partial charge in [-0.2, -0.15) is 0 Å². The van der Waals surface area contributed by atoms with Gasteiger partial charge in [0.1, 0.15) is 0 Å². The first-order chi connectivity index (χ1) is 10.1. The minimum Gasteiger partial charge on any atom is -0.309 e. The number of H-pyrrole nitrogens is 2. The Labute approximate surface area is 127 Å². The molecule has 108 valence electrons. The molecule has 0 fully saturated rings. The Kier molecular flexibility index (Phi) is 3.57. The first-order valence-electron chi connectivity index (χ1n) is 6.74. The van der Waals surface area contributed by atoms with Crippen LogP contribution in [0.3, 0.4) is 0 Å². The van der Waals surface area contributed by atoms with Crippen molar-refractivity contribution < 1.29 is 0 Å². The van der Waals surface area contributed by atoms with Crippen LogP contribution in [0.1, 0.15) is 22.7 Å². The SMILES string of the molecule is CNC(c1ccc2[nH]c(=O)[nH]c2c1)c1cc(Cl)ccc1C. The van der Waals surface area contributed by atoms with Crippen LogP contribution in [0.15, 0.2) is 41.2 Å². The Balaban J connectivity index is 2.12. The molecule has 1 atom stereocenters. The highest BCUT2D eigenvalue weighted by Gasteiger charge is 2.15. The molecule has 0 saturated carbocycles. The van der Waals surface area contributed by atoms with E-state index in [0.717, 1.165) is 22.2 Å². The minimum absolute atomic E-state index is 0.0199. The van der Waals surface area contributed by atoms with E-state index in [2.05, 4.69) is 22.2 Å². The molecule has 0 aliphatic heterocycles. The van der Waals surface area contributed by atoms with Gasteiger partial charge in [0.05, 0.1) is 17.1 Å². The summed E-state index contributed by atoms with van der Waals surface area (Å²) in [5.41, 5.74) is 4.79. The van der Waals surface area contributed by atoms with Crippen molar-refractivity contribution in [2.75, 3.05) is 7.05 Å². The first-order valence-corrected chi connectivity index (χ1v) is 7.11. The molecule has 21 heavy (non-hydrogen) atoms. The van der Waals surface area contributed by atoms with Crippen molar-refractivity contribution in [2.45, 2.75) is 13.0 Å². The summed E-state index contributed by atoms with van der Waals surface area (Å²) in [4.78, 5) is 16.9. The van der Waals surface area contributed by atoms with Crippen molar-refractivity contribution in [3.63, 3.8) is 0 Å². The maximum Gasteiger partial charge on any atom is 0.323 e. The molecular formula is C16H16ClN3O. The van der Waals surface area contributed by atoms with Crippen LogP contribution in [-0.2, 0) is 0 Å². The maximum absolute atomic E-state index is 11.4. The van der Waals surface area contributed by atoms with Gasteiger partial charge in [-0.25, -0.2) is 4.79 Å². The Morgan fingerprint density at radius 2 is 1.86 bits per heavy atom. The average molecular weight is 302 g/mol. The molecule has 0 aliphatic rings. The molecule has 0 spiro atoms. The number of hydrogen-bond acceptors (Lipinski definition) is 2. The largest absolute Gasteiger partial charge is 0.323 e. The zero-order valence-corrected chi connectivity index (χ0v) is 12.6. The number of rotatable bonds is 3. The number of hydrogen-bond donors (Lipinski definition) is 3. The van der Waals surface area contributed by atoms with Gasteiger partial charge in [0.25, 0.3) is 0 Å². The molecule has 1 heterocycles. The summed E-state index contributed by atoms with van der Waals surface area (Å²) in [6, 6.07) is 11.8. The lowest BCUT2D eigenvalue weighted by Gasteiger charge is -2.20. The molecule has 1 unspecified atom stereocenters. The van der Waals surface area contributed by atoms with Crippen LogP contribution < -0.4 is 11.0 Å². The minimum atomic E-state index is -0.193. The van der Waals surface area contributed by atoms with E-state index in [1.54, 1.807) is 0 Å². The third kappa shape index (κ3) is 2.60. The van der Waals surface area contributed by atoms with E-state index in [0.29, 0.717) is 5.02 Å². The number of nitrogens with one attached hydrogen (secondary N) is 3. The number of imidazole rings is 1. The lowest BCUT2D eigenvalue weighted by atomic mass is 9.95. The Morgan fingerprint density at radius 1 is 1.10 bits per heavy atom. The zero-order chi connectivity index (χ0) is 15.0. The van der Waals surface area contributed by atoms with Gasteiger partial charge in [-0.3, -0.25) is 0 Å². The lowest BCUT2D eigenvalue weighted by molar-refractivity contribution is 0.688. The fourth-order valence-electron chi connectivity index (χ4n) is 2.65. The van der Waals surface area contributed by atoms with Gasteiger partial charge in [0, 0.05) is 5.02 Å². The number of aromatic nitrogens is 2. The van der Waals surface area contributed by atoms with Crippen LogP contribution >= 0.6 is 11.6 Å². The third-order valence-corrected chi connectivity index (χ3v) is 3.95. The first kappa shape index (κ1) is 13.9. The molecule has 2 aromatic carbocycles. The van der Waals surface area contributed by atoms with Gasteiger partial charge < -0.3 is 15.3 Å². The zero-order valence-electron chi connectivity index (χ0n) is 11.8. The number of aryl methyl sites for hydroxylation is 1. The highest BCUT2D eigenvalue weighted by molar-refractivity contribution is 6.30. The normalized spacial score (nSPS) is 12.7. The molecule has 5 heteroatoms. The third-order valence-electron chi connectivity index (χ3n) is 3.71. The molecule has 0 bridgehead atoms. The number of aromatic amines is 2. The molecule has 0 radical (unpaired) electrons. The number of fused-ring (bicyclic) bond motifs is 1. The van der Waals surface area contributed by atoms with Crippen LogP contribution in [0.25, 0.3) is 11.0 Å². The van der Waals surface area contributed by atoms with Crippen molar-refractivity contribution >= 4 is 22.6 Å². The molecule has 3 rings (SSSR count). The highest BCUT2D eigenvalue weighted by Crippen LogP contribution is 2.28. The molecule has 3 aromatic rings. The van der Waals surface area contributed by atoms with Crippen molar-refractivity contribution in [1.82, 2.24) is 15.3 Å². The topological polar surface area (TPSA) is 60.7 Å². The summed E-state index contributed by atoms with van der Waals surface area (Å²) in [5.74, 6) is 0. The van der Waals surface area contributed by atoms with Gasteiger partial charge in [-0.05, 0) is 54.9 Å². The summed E-state index contributed by atoms with van der Waals surface area (Å²) in [5, 5.41) is 4.03. The lowest BCUT2D eigenvalue weighted by Crippen LogP contribution is -2.18. The standard InChI is InChI=1S/C16H16ClN3O/c1-9-3-5-11(17)8-12(9)15(18-2)10-4-6-13-14(7-10)20-16(21)19-13/h3-8,15,18H,1-2H3,(H2,19,20,21). The van der Waals surface area contributed by atoms with Crippen molar-refractivity contribution in [1.29, 1.82) is 0 Å². The highest BCUT2D eigenvalue weighted by atomic mass is 35.5. The summed E-state index contributed by atoms with van der Waals surface area (Å²) in [6.45, 7) is 2.06. The molecule has 4 nitrogen and oxygen atoms in total. The molecule has 3 N–H and O–H groups in total. The average Bonchev–Trinajstić information content (AvgIpc) is 2.83. The van der Waals surface area contributed by atoms with Gasteiger partial charge in [-0.1, -0.05) is 23.7 Å². The quantitative estimate of drug-likeness (QED) is 0.696. The molecule has 1 aromatic heterocycles. The molecule has 0 aliphatic carbocycles. The smallest absolute Gasteiger partial charge is 0.309 e. The second kappa shape index (κ2) is 5.39. The molecule has 0 saturated heterocycles. The van der Waals surface area contributed by atoms with Crippen LogP contribution in [-0.4, -0.2) is 17.0 Å². The predicted octanol–water partition coefficient (Wildman–Crippen LogP) is 3.13. The van der Waals surface area contributed by atoms with E-state index in [1.165, 1.54) is 5.56 Å². The monoisotopic (exact) mass is 301 g/mol. The van der Waals surface area contributed by atoms with Gasteiger partial charge in [-0.15, -0.1) is 0 Å². The van der Waals surface area contributed by atoms with Gasteiger partial charge in [0.2, 0.25) is 0 Å². The van der Waals surface area contributed by atoms with E-state index in [9.17, 15) is 4.79 Å². The van der Waals surface area contributed by atoms with Crippen molar-refractivity contribution in [2.24, 2.45) is 0 Å². The Hall–Kier alpha value is -2.04. The van der Waals surface area contributed by atoms with Crippen molar-refractivity contribution in [3.8, 4) is 0 Å². The van der Waals surface area contributed by atoms with E-state index in [1.807, 2.05) is 43.4 Å². The number of halogens is 1. The molecule has 0 amide bonds. The summed E-state index contributed by atoms with van der Waals surface area (Å²) in [7, 11) is 1.91. The fourth-order valence-corrected chi connectivity index (χ4v) is 2.83. The Morgan fingerprint density at radius 3 is 2.62 bits per heavy atom. The second-order valence-corrected chi connectivity index (χ2v) is 5.54. The summed E-state index contributed by atoms with van der Waals surface area (Å²) in [6.07, 6.45) is 0. The van der Waals surface area contributed by atoms with Crippen LogP contribution in [0.2, 0.25) is 5.02 Å². The van der Waals surface area contributed by atoms with Gasteiger partial charge >= 0.3 is 5.69 Å². The predicted molar refractivity (Wildman–Crippen MR) is 86.0 cm³/mol. The maximum atomic E-state index is 11.4. The fraction of sp³-hybridized carbons (Fsp3) is 0.188. The molecular weight excluding hydrogens is 286 g/mol. The summed E-state index contributed by atoms with van der Waals surface area (Å²) < 4.78 is 0. The number of benzene rings is 2. The van der Waals surface area contributed by atoms with E-state index in [4.69, 9.17) is 11.6 Å². The second-order valence-electron chi connectivity index (χ2n) is 5.11.